The van der Waals surface area contributed by atoms with E-state index in [1.165, 1.54) is 0 Å². The van der Waals surface area contributed by atoms with Crippen LogP contribution in [0.25, 0.3) is 10.9 Å². The zero-order chi connectivity index (χ0) is 16.2. The van der Waals surface area contributed by atoms with E-state index in [4.69, 9.17) is 27.9 Å². The van der Waals surface area contributed by atoms with E-state index in [1.807, 2.05) is 6.07 Å². The molecule has 1 N–H and O–H groups in total. The van der Waals surface area contributed by atoms with Gasteiger partial charge in [-0.2, -0.15) is 0 Å². The second-order valence-electron chi connectivity index (χ2n) is 4.62. The first-order valence-electron chi connectivity index (χ1n) is 6.71. The number of carbonyl (C=O) groups is 1. The van der Waals surface area contributed by atoms with Crippen LogP contribution in [0.5, 0.6) is 5.75 Å². The maximum Gasteiger partial charge on any atom is 0.262 e. The summed E-state index contributed by atoms with van der Waals surface area (Å²) in [5.74, 6) is 0.136. The van der Waals surface area contributed by atoms with Crippen molar-refractivity contribution < 1.29 is 9.53 Å². The predicted molar refractivity (Wildman–Crippen MR) is 90.1 cm³/mol. The van der Waals surface area contributed by atoms with Crippen LogP contribution in [-0.4, -0.2) is 22.5 Å². The molecule has 0 spiro atoms. The number of anilines is 1. The number of nitrogens with one attached hydrogen (secondary N) is 1. The number of nitrogens with zero attached hydrogens (tertiary/aromatic N) is 2. The van der Waals surface area contributed by atoms with Gasteiger partial charge in [0.25, 0.3) is 5.91 Å². The van der Waals surface area contributed by atoms with Crippen LogP contribution in [0.2, 0.25) is 10.2 Å². The summed E-state index contributed by atoms with van der Waals surface area (Å²) in [7, 11) is 0. The fraction of sp³-hybridized carbons (Fsp3) is 0.0625. The van der Waals surface area contributed by atoms with Gasteiger partial charge in [0, 0.05) is 17.8 Å². The summed E-state index contributed by atoms with van der Waals surface area (Å²) in [6, 6.07) is 10.4. The molecule has 0 saturated heterocycles. The van der Waals surface area contributed by atoms with Gasteiger partial charge in [0.15, 0.2) is 11.8 Å². The highest BCUT2D eigenvalue weighted by molar-refractivity contribution is 6.35. The maximum absolute atomic E-state index is 12.0. The largest absolute Gasteiger partial charge is 0.481 e. The Labute approximate surface area is 142 Å². The molecule has 0 saturated carbocycles. The van der Waals surface area contributed by atoms with E-state index < -0.39 is 0 Å². The number of carbonyl (C=O) groups excluding carboxylic acids is 1. The standard InChI is InChI=1S/C16H11Cl2N3O2/c17-11-5-6-13(15-10(11)3-1-7-19-15)23-9-14(22)21-12-4-2-8-20-16(12)18/h1-8H,9H2,(H,21,22). The maximum atomic E-state index is 12.0. The van der Waals surface area contributed by atoms with Gasteiger partial charge in [-0.25, -0.2) is 4.98 Å². The normalized spacial score (nSPS) is 10.5. The van der Waals surface area contributed by atoms with Crippen LogP contribution >= 0.6 is 23.2 Å². The zero-order valence-electron chi connectivity index (χ0n) is 11.8. The molecule has 0 aliphatic rings. The molecule has 0 unspecified atom stereocenters. The second kappa shape index (κ2) is 6.81. The molecule has 7 heteroatoms. The molecule has 23 heavy (non-hydrogen) atoms. The minimum Gasteiger partial charge on any atom is -0.481 e. The first-order valence-corrected chi connectivity index (χ1v) is 7.47. The van der Waals surface area contributed by atoms with Gasteiger partial charge in [-0.1, -0.05) is 23.2 Å². The summed E-state index contributed by atoms with van der Waals surface area (Å²) in [4.78, 5) is 20.1. The van der Waals surface area contributed by atoms with Crippen molar-refractivity contribution in [2.45, 2.75) is 0 Å². The lowest BCUT2D eigenvalue weighted by atomic mass is 10.2. The quantitative estimate of drug-likeness (QED) is 0.725. The molecule has 116 valence electrons. The van der Waals surface area contributed by atoms with Crippen molar-refractivity contribution in [2.24, 2.45) is 0 Å². The van der Waals surface area contributed by atoms with Crippen LogP contribution in [0.1, 0.15) is 0 Å². The van der Waals surface area contributed by atoms with Gasteiger partial charge in [-0.15, -0.1) is 0 Å². The van der Waals surface area contributed by atoms with Crippen molar-refractivity contribution in [1.29, 1.82) is 0 Å². The van der Waals surface area contributed by atoms with E-state index in [-0.39, 0.29) is 17.7 Å². The number of amides is 1. The third kappa shape index (κ3) is 3.52. The first kappa shape index (κ1) is 15.5. The zero-order valence-corrected chi connectivity index (χ0v) is 13.3. The Hall–Kier alpha value is -2.37. The Balaban J connectivity index is 1.73. The third-order valence-electron chi connectivity index (χ3n) is 3.07. The number of rotatable bonds is 4. The Kier molecular flexibility index (Phi) is 4.60. The molecule has 5 nitrogen and oxygen atoms in total. The van der Waals surface area contributed by atoms with E-state index in [2.05, 4.69) is 15.3 Å². The number of hydrogen-bond donors (Lipinski definition) is 1. The van der Waals surface area contributed by atoms with Gasteiger partial charge >= 0.3 is 0 Å². The van der Waals surface area contributed by atoms with Gasteiger partial charge in [0.1, 0.15) is 11.3 Å². The molecular weight excluding hydrogens is 337 g/mol. The molecule has 3 aromatic rings. The van der Waals surface area contributed by atoms with Gasteiger partial charge in [0.2, 0.25) is 0 Å². The Bertz CT molecular complexity index is 871. The van der Waals surface area contributed by atoms with Crippen LogP contribution in [0, 0.1) is 0 Å². The second-order valence-corrected chi connectivity index (χ2v) is 5.39. The lowest BCUT2D eigenvalue weighted by Crippen LogP contribution is -2.20. The highest BCUT2D eigenvalue weighted by atomic mass is 35.5. The fourth-order valence-electron chi connectivity index (χ4n) is 2.04. The summed E-state index contributed by atoms with van der Waals surface area (Å²) in [5.41, 5.74) is 1.04. The monoisotopic (exact) mass is 347 g/mol. The Morgan fingerprint density at radius 3 is 2.70 bits per heavy atom. The molecule has 0 aliphatic heterocycles. The molecule has 0 fully saturated rings. The first-order chi connectivity index (χ1) is 11.1. The minimum atomic E-state index is -0.348. The van der Waals surface area contributed by atoms with Crippen molar-refractivity contribution in [3.05, 3.63) is 59.0 Å². The fourth-order valence-corrected chi connectivity index (χ4v) is 2.42. The number of hydrogen-bond acceptors (Lipinski definition) is 4. The number of benzene rings is 1. The number of ether oxygens (including phenoxy) is 1. The number of aromatic nitrogens is 2. The molecule has 2 aromatic heterocycles. The number of halogens is 2. The molecule has 0 atom stereocenters. The Morgan fingerprint density at radius 1 is 1.09 bits per heavy atom. The van der Waals surface area contributed by atoms with E-state index in [9.17, 15) is 4.79 Å². The summed E-state index contributed by atoms with van der Waals surface area (Å²) in [6.45, 7) is -0.182. The highest BCUT2D eigenvalue weighted by Crippen LogP contribution is 2.29. The minimum absolute atomic E-state index is 0.182. The summed E-state index contributed by atoms with van der Waals surface area (Å²) in [6.07, 6.45) is 3.18. The summed E-state index contributed by atoms with van der Waals surface area (Å²) >= 11 is 12.0. The van der Waals surface area contributed by atoms with Crippen LogP contribution in [0.4, 0.5) is 5.69 Å². The van der Waals surface area contributed by atoms with Crippen molar-refractivity contribution in [1.82, 2.24) is 9.97 Å². The van der Waals surface area contributed by atoms with E-state index >= 15 is 0 Å². The van der Waals surface area contributed by atoms with E-state index in [1.54, 1.807) is 42.7 Å². The molecule has 0 aliphatic carbocycles. The smallest absolute Gasteiger partial charge is 0.262 e. The van der Waals surface area contributed by atoms with E-state index in [0.29, 0.717) is 22.0 Å². The van der Waals surface area contributed by atoms with Crippen LogP contribution < -0.4 is 10.1 Å². The molecular formula is C16H11Cl2N3O2. The molecule has 0 bridgehead atoms. The van der Waals surface area contributed by atoms with Gasteiger partial charge < -0.3 is 10.1 Å². The van der Waals surface area contributed by atoms with Crippen molar-refractivity contribution >= 4 is 45.7 Å². The van der Waals surface area contributed by atoms with Gasteiger partial charge in [-0.3, -0.25) is 9.78 Å². The predicted octanol–water partition coefficient (Wildman–Crippen LogP) is 3.95. The lowest BCUT2D eigenvalue weighted by Gasteiger charge is -2.10. The molecule has 0 radical (unpaired) electrons. The van der Waals surface area contributed by atoms with Crippen LogP contribution in [0.3, 0.4) is 0 Å². The topological polar surface area (TPSA) is 64.1 Å². The van der Waals surface area contributed by atoms with Gasteiger partial charge in [0.05, 0.1) is 10.7 Å². The SMILES string of the molecule is O=C(COc1ccc(Cl)c2cccnc12)Nc1cccnc1Cl. The lowest BCUT2D eigenvalue weighted by molar-refractivity contribution is -0.118. The molecule has 3 rings (SSSR count). The highest BCUT2D eigenvalue weighted by Gasteiger charge is 2.10. The average molecular weight is 348 g/mol. The molecule has 1 amide bonds. The van der Waals surface area contributed by atoms with Crippen LogP contribution in [0.15, 0.2) is 48.8 Å². The van der Waals surface area contributed by atoms with Crippen molar-refractivity contribution in [2.75, 3.05) is 11.9 Å². The third-order valence-corrected chi connectivity index (χ3v) is 3.70. The Morgan fingerprint density at radius 2 is 1.87 bits per heavy atom. The van der Waals surface area contributed by atoms with Crippen molar-refractivity contribution in [3.8, 4) is 5.75 Å². The summed E-state index contributed by atoms with van der Waals surface area (Å²) in [5, 5.41) is 4.20. The van der Waals surface area contributed by atoms with Gasteiger partial charge in [-0.05, 0) is 36.4 Å². The van der Waals surface area contributed by atoms with Crippen LogP contribution in [-0.2, 0) is 4.79 Å². The van der Waals surface area contributed by atoms with Crippen molar-refractivity contribution in [3.63, 3.8) is 0 Å². The number of pyridine rings is 2. The molecule has 1 aromatic carbocycles. The van der Waals surface area contributed by atoms with E-state index in [0.717, 1.165) is 5.39 Å². The average Bonchev–Trinajstić information content (AvgIpc) is 2.57. The number of fused-ring (bicyclic) bond motifs is 1. The summed E-state index contributed by atoms with van der Waals surface area (Å²) < 4.78 is 5.55. The molecule has 2 heterocycles.